The normalized spacial score (nSPS) is 12.3. The molecule has 0 saturated heterocycles. The van der Waals surface area contributed by atoms with Gasteiger partial charge in [-0.25, -0.2) is 10.3 Å². The second-order valence-electron chi connectivity index (χ2n) is 10.8. The van der Waals surface area contributed by atoms with E-state index in [0.29, 0.717) is 25.3 Å². The van der Waals surface area contributed by atoms with Gasteiger partial charge >= 0.3 is 5.97 Å². The molecular weight excluding hydrogens is 594 g/mol. The average Bonchev–Trinajstić information content (AvgIpc) is 3.71. The molecule has 14 heteroatoms. The molecule has 1 unspecified atom stereocenters. The predicted octanol–water partition coefficient (Wildman–Crippen LogP) is 2.17. The van der Waals surface area contributed by atoms with Crippen LogP contribution in [-0.4, -0.2) is 68.6 Å². The fourth-order valence-electron chi connectivity index (χ4n) is 4.96. The van der Waals surface area contributed by atoms with E-state index < -0.39 is 23.8 Å². The second-order valence-corrected chi connectivity index (χ2v) is 10.8. The number of methoxy groups -OCH3 is 1. The highest BCUT2D eigenvalue weighted by atomic mass is 16.5. The fourth-order valence-corrected chi connectivity index (χ4v) is 4.96. The summed E-state index contributed by atoms with van der Waals surface area (Å²) in [4.78, 5) is 52.9. The van der Waals surface area contributed by atoms with Crippen molar-refractivity contribution >= 4 is 34.6 Å². The van der Waals surface area contributed by atoms with Gasteiger partial charge in [-0.05, 0) is 30.0 Å². The molecule has 46 heavy (non-hydrogen) atoms. The monoisotopic (exact) mass is 633 g/mol. The molecule has 14 nitrogen and oxygen atoms in total. The zero-order chi connectivity index (χ0) is 32.7. The van der Waals surface area contributed by atoms with Crippen LogP contribution in [0.5, 0.6) is 0 Å². The molecule has 4 rings (SSSR count). The molecule has 2 atom stereocenters. The van der Waals surface area contributed by atoms with Gasteiger partial charge < -0.3 is 25.1 Å². The molecule has 0 bridgehead atoms. The molecule has 3 amide bonds. The predicted molar refractivity (Wildman–Crippen MR) is 166 cm³/mol. The Hall–Kier alpha value is -5.08. The Balaban J connectivity index is 1.20. The third-order valence-corrected chi connectivity index (χ3v) is 7.39. The van der Waals surface area contributed by atoms with Crippen molar-refractivity contribution in [3.63, 3.8) is 0 Å². The minimum absolute atomic E-state index is 0.0794. The Kier molecular flexibility index (Phi) is 12.8. The first-order valence-electron chi connectivity index (χ1n) is 15.0. The number of amides is 3. The van der Waals surface area contributed by atoms with Crippen LogP contribution in [0.25, 0.3) is 10.9 Å². The first-order chi connectivity index (χ1) is 22.4. The molecular formula is C32H39N7O7. The maximum atomic E-state index is 12.8. The lowest BCUT2D eigenvalue weighted by Gasteiger charge is -2.16. The molecule has 2 aromatic carbocycles. The Labute approximate surface area is 265 Å². The molecule has 2 aromatic heterocycles. The number of para-hydroxylation sites is 1. The number of carbonyl (C=O) groups excluding carboxylic acids is 4. The van der Waals surface area contributed by atoms with Crippen molar-refractivity contribution in [3.05, 3.63) is 83.8 Å². The summed E-state index contributed by atoms with van der Waals surface area (Å²) in [5, 5.41) is 23.6. The number of nitrogens with one attached hydrogen (secondary N) is 4. The van der Waals surface area contributed by atoms with E-state index in [2.05, 4.69) is 25.9 Å². The van der Waals surface area contributed by atoms with Gasteiger partial charge in [0.05, 0.1) is 26.5 Å². The maximum Gasteiger partial charge on any atom is 0.328 e. The molecule has 2 heterocycles. The summed E-state index contributed by atoms with van der Waals surface area (Å²) in [6, 6.07) is 16.5. The molecule has 0 radical (unpaired) electrons. The number of esters is 1. The van der Waals surface area contributed by atoms with Gasteiger partial charge in [0.1, 0.15) is 11.7 Å². The van der Waals surface area contributed by atoms with E-state index in [9.17, 15) is 19.2 Å². The Morgan fingerprint density at radius 2 is 1.83 bits per heavy atom. The zero-order valence-electron chi connectivity index (χ0n) is 25.6. The molecule has 0 spiro atoms. The first-order valence-corrected chi connectivity index (χ1v) is 15.0. The minimum Gasteiger partial charge on any atom is -0.467 e. The van der Waals surface area contributed by atoms with Crippen LogP contribution in [0.2, 0.25) is 0 Å². The van der Waals surface area contributed by atoms with Gasteiger partial charge in [0.25, 0.3) is 0 Å². The van der Waals surface area contributed by atoms with Crippen LogP contribution in [-0.2, 0) is 54.8 Å². The van der Waals surface area contributed by atoms with E-state index in [0.717, 1.165) is 22.0 Å². The van der Waals surface area contributed by atoms with Gasteiger partial charge in [-0.1, -0.05) is 53.7 Å². The summed E-state index contributed by atoms with van der Waals surface area (Å²) in [5.41, 5.74) is 4.89. The van der Waals surface area contributed by atoms with Crippen LogP contribution in [0, 0.1) is 5.92 Å². The molecule has 244 valence electrons. The lowest BCUT2D eigenvalue weighted by atomic mass is 10.0. The lowest BCUT2D eigenvalue weighted by molar-refractivity contribution is -0.145. The SMILES string of the molecule is COC(=O)[C@H](Cc1c[nH]c2ccccc12)NC(=O)CCCn1cc(CNC(=O)C(CCOCc2ccccc2)CC(=O)NO)nn1. The van der Waals surface area contributed by atoms with Crippen LogP contribution in [0.3, 0.4) is 0 Å². The fraction of sp³-hybridized carbons (Fsp3) is 0.375. The van der Waals surface area contributed by atoms with E-state index in [-0.39, 0.29) is 50.6 Å². The summed E-state index contributed by atoms with van der Waals surface area (Å²) < 4.78 is 12.1. The summed E-state index contributed by atoms with van der Waals surface area (Å²) >= 11 is 0. The Bertz CT molecular complexity index is 1590. The summed E-state index contributed by atoms with van der Waals surface area (Å²) in [6.45, 7) is 1.09. The number of ether oxygens (including phenoxy) is 2. The molecule has 0 aliphatic rings. The standard InChI is InChI=1S/C32H39N7O7/c1-45-32(43)28(16-24-18-33-27-11-6-5-10-26(24)27)35-29(40)12-7-14-39-20-25(36-38-39)19-34-31(42)23(17-30(41)37-44)13-15-46-21-22-8-3-2-4-9-22/h2-6,8-11,18,20,23,28,33,44H,7,12-17,19,21H2,1H3,(H,34,42)(H,35,40)(H,37,41)/t23?,28-/m0/s1. The number of benzene rings is 2. The number of carbonyl (C=O) groups is 4. The van der Waals surface area contributed by atoms with Gasteiger partial charge in [0.2, 0.25) is 17.7 Å². The van der Waals surface area contributed by atoms with Crippen molar-refractivity contribution < 1.29 is 33.9 Å². The van der Waals surface area contributed by atoms with Gasteiger partial charge in [-0.15, -0.1) is 5.10 Å². The number of hydrogen-bond donors (Lipinski definition) is 5. The van der Waals surface area contributed by atoms with Crippen molar-refractivity contribution in [2.24, 2.45) is 5.92 Å². The number of rotatable bonds is 18. The van der Waals surface area contributed by atoms with Gasteiger partial charge in [0, 0.05) is 55.4 Å². The zero-order valence-corrected chi connectivity index (χ0v) is 25.6. The summed E-state index contributed by atoms with van der Waals surface area (Å²) in [5.74, 6) is -2.60. The molecule has 5 N–H and O–H groups in total. The highest BCUT2D eigenvalue weighted by Crippen LogP contribution is 2.19. The number of hydroxylamine groups is 1. The van der Waals surface area contributed by atoms with Crippen LogP contribution in [0.4, 0.5) is 0 Å². The molecule has 0 saturated carbocycles. The number of fused-ring (bicyclic) bond motifs is 1. The number of nitrogens with zero attached hydrogens (tertiary/aromatic N) is 3. The summed E-state index contributed by atoms with van der Waals surface area (Å²) in [7, 11) is 1.29. The minimum atomic E-state index is -0.832. The Morgan fingerprint density at radius 3 is 2.61 bits per heavy atom. The van der Waals surface area contributed by atoms with Gasteiger partial charge in [0.15, 0.2) is 0 Å². The number of hydrogen-bond acceptors (Lipinski definition) is 9. The van der Waals surface area contributed by atoms with Crippen LogP contribution in [0.15, 0.2) is 67.0 Å². The molecule has 4 aromatic rings. The molecule has 0 fully saturated rings. The molecule has 0 aliphatic carbocycles. The van der Waals surface area contributed by atoms with E-state index in [1.807, 2.05) is 60.8 Å². The van der Waals surface area contributed by atoms with Gasteiger partial charge in [-0.2, -0.15) is 0 Å². The number of aryl methyl sites for hydroxylation is 1. The van der Waals surface area contributed by atoms with Gasteiger partial charge in [-0.3, -0.25) is 24.3 Å². The number of H-pyrrole nitrogens is 1. The highest BCUT2D eigenvalue weighted by molar-refractivity contribution is 5.87. The van der Waals surface area contributed by atoms with E-state index in [1.165, 1.54) is 7.11 Å². The number of aromatic nitrogens is 4. The van der Waals surface area contributed by atoms with Crippen LogP contribution < -0.4 is 16.1 Å². The summed E-state index contributed by atoms with van der Waals surface area (Å²) in [6.07, 6.45) is 4.42. The first kappa shape index (κ1) is 33.8. The largest absolute Gasteiger partial charge is 0.467 e. The van der Waals surface area contributed by atoms with Crippen molar-refractivity contribution in [2.45, 2.75) is 57.8 Å². The highest BCUT2D eigenvalue weighted by Gasteiger charge is 2.24. The third-order valence-electron chi connectivity index (χ3n) is 7.39. The average molecular weight is 634 g/mol. The van der Waals surface area contributed by atoms with Crippen molar-refractivity contribution in [3.8, 4) is 0 Å². The van der Waals surface area contributed by atoms with Crippen LogP contribution in [0.1, 0.15) is 42.5 Å². The quantitative estimate of drug-likeness (QED) is 0.0473. The Morgan fingerprint density at radius 1 is 1.04 bits per heavy atom. The van der Waals surface area contributed by atoms with Crippen LogP contribution >= 0.6 is 0 Å². The van der Waals surface area contributed by atoms with E-state index in [4.69, 9.17) is 14.7 Å². The van der Waals surface area contributed by atoms with Crippen molar-refractivity contribution in [1.82, 2.24) is 36.1 Å². The third kappa shape index (κ3) is 10.2. The van der Waals surface area contributed by atoms with Crippen molar-refractivity contribution in [1.29, 1.82) is 0 Å². The maximum absolute atomic E-state index is 12.8. The van der Waals surface area contributed by atoms with Crippen molar-refractivity contribution in [2.75, 3.05) is 13.7 Å². The smallest absolute Gasteiger partial charge is 0.328 e. The number of aromatic amines is 1. The lowest BCUT2D eigenvalue weighted by Crippen LogP contribution is -2.43. The van der Waals surface area contributed by atoms with E-state index >= 15 is 0 Å². The molecule has 0 aliphatic heterocycles. The van der Waals surface area contributed by atoms with E-state index in [1.54, 1.807) is 16.4 Å². The second kappa shape index (κ2) is 17.4. The topological polar surface area (TPSA) is 190 Å².